The Balaban J connectivity index is 2.21. The van der Waals surface area contributed by atoms with Crippen molar-refractivity contribution < 1.29 is 22.4 Å². The van der Waals surface area contributed by atoms with Gasteiger partial charge in [0.1, 0.15) is 5.82 Å². The van der Waals surface area contributed by atoms with Crippen LogP contribution in [0.4, 0.5) is 17.6 Å². The first kappa shape index (κ1) is 17.7. The molecule has 24 heavy (non-hydrogen) atoms. The summed E-state index contributed by atoms with van der Waals surface area (Å²) in [4.78, 5) is 26.4. The van der Waals surface area contributed by atoms with Crippen LogP contribution in [0, 0.1) is 19.7 Å². The van der Waals surface area contributed by atoms with Gasteiger partial charge in [-0.25, -0.2) is 4.39 Å². The van der Waals surface area contributed by atoms with Crippen LogP contribution in [-0.2, 0) is 12.7 Å². The van der Waals surface area contributed by atoms with Gasteiger partial charge in [-0.3, -0.25) is 9.59 Å². The van der Waals surface area contributed by atoms with Gasteiger partial charge in [-0.2, -0.15) is 13.2 Å². The van der Waals surface area contributed by atoms with Crippen molar-refractivity contribution in [1.82, 2.24) is 10.3 Å². The molecule has 0 radical (unpaired) electrons. The molecule has 1 heterocycles. The SMILES string of the molecule is Cc1cc(C)c(CNC(=O)c2ccc(F)c(C(F)(F)F)c2)c(=O)[nH]1. The average Bonchev–Trinajstić information content (AvgIpc) is 2.45. The lowest BCUT2D eigenvalue weighted by Crippen LogP contribution is -2.28. The van der Waals surface area contributed by atoms with Crippen molar-refractivity contribution in [3.63, 3.8) is 0 Å². The smallest absolute Gasteiger partial charge is 0.348 e. The molecule has 8 heteroatoms. The van der Waals surface area contributed by atoms with Crippen LogP contribution in [0.2, 0.25) is 0 Å². The third-order valence-corrected chi connectivity index (χ3v) is 3.45. The largest absolute Gasteiger partial charge is 0.419 e. The molecule has 0 aliphatic heterocycles. The number of H-pyrrole nitrogens is 1. The summed E-state index contributed by atoms with van der Waals surface area (Å²) in [5.74, 6) is -2.29. The number of aryl methyl sites for hydroxylation is 2. The van der Waals surface area contributed by atoms with Gasteiger partial charge in [0.25, 0.3) is 11.5 Å². The number of nitrogens with one attached hydrogen (secondary N) is 2. The topological polar surface area (TPSA) is 62.0 Å². The zero-order valence-electron chi connectivity index (χ0n) is 12.8. The minimum Gasteiger partial charge on any atom is -0.348 e. The standard InChI is InChI=1S/C16H14F4N2O2/c1-8-5-9(2)22-15(24)11(8)7-21-14(23)10-3-4-13(17)12(6-10)16(18,19)20/h3-6H,7H2,1-2H3,(H,21,23)(H,22,24). The molecule has 128 valence electrons. The van der Waals surface area contributed by atoms with Crippen LogP contribution < -0.4 is 10.9 Å². The summed E-state index contributed by atoms with van der Waals surface area (Å²) in [5, 5.41) is 2.37. The van der Waals surface area contributed by atoms with Gasteiger partial charge in [0.2, 0.25) is 0 Å². The van der Waals surface area contributed by atoms with E-state index in [1.165, 1.54) is 0 Å². The summed E-state index contributed by atoms with van der Waals surface area (Å²) in [6, 6.07) is 3.69. The first-order valence-electron chi connectivity index (χ1n) is 6.94. The van der Waals surface area contributed by atoms with E-state index in [0.29, 0.717) is 29.0 Å². The predicted molar refractivity (Wildman–Crippen MR) is 79.1 cm³/mol. The second-order valence-electron chi connectivity index (χ2n) is 5.32. The Kier molecular flexibility index (Phi) is 4.77. The van der Waals surface area contributed by atoms with Crippen LogP contribution in [0.1, 0.15) is 32.7 Å². The second-order valence-corrected chi connectivity index (χ2v) is 5.32. The van der Waals surface area contributed by atoms with Crippen molar-refractivity contribution >= 4 is 5.91 Å². The Morgan fingerprint density at radius 2 is 1.88 bits per heavy atom. The average molecular weight is 342 g/mol. The maximum absolute atomic E-state index is 13.2. The third-order valence-electron chi connectivity index (χ3n) is 3.45. The van der Waals surface area contributed by atoms with Gasteiger partial charge in [0.05, 0.1) is 5.56 Å². The number of hydrogen-bond acceptors (Lipinski definition) is 2. The van der Waals surface area contributed by atoms with Crippen molar-refractivity contribution in [1.29, 1.82) is 0 Å². The summed E-state index contributed by atoms with van der Waals surface area (Å²) in [6.45, 7) is 3.23. The van der Waals surface area contributed by atoms with Crippen LogP contribution in [0.5, 0.6) is 0 Å². The van der Waals surface area contributed by atoms with Crippen molar-refractivity contribution in [2.24, 2.45) is 0 Å². The quantitative estimate of drug-likeness (QED) is 0.842. The van der Waals surface area contributed by atoms with Gasteiger partial charge in [-0.1, -0.05) is 0 Å². The number of pyridine rings is 1. The molecular formula is C16H14F4N2O2. The van der Waals surface area contributed by atoms with Gasteiger partial charge in [-0.15, -0.1) is 0 Å². The molecule has 1 amide bonds. The molecule has 0 atom stereocenters. The van der Waals surface area contributed by atoms with E-state index in [-0.39, 0.29) is 17.7 Å². The van der Waals surface area contributed by atoms with Crippen molar-refractivity contribution in [3.05, 3.63) is 68.4 Å². The molecule has 0 saturated heterocycles. The third kappa shape index (κ3) is 3.81. The lowest BCUT2D eigenvalue weighted by atomic mass is 10.1. The van der Waals surface area contributed by atoms with Gasteiger partial charge in [-0.05, 0) is 43.7 Å². The van der Waals surface area contributed by atoms with E-state index in [1.807, 2.05) is 0 Å². The number of carbonyl (C=O) groups is 1. The number of halogens is 4. The highest BCUT2D eigenvalue weighted by molar-refractivity contribution is 5.94. The monoisotopic (exact) mass is 342 g/mol. The van der Waals surface area contributed by atoms with E-state index in [2.05, 4.69) is 10.3 Å². The molecule has 1 aromatic heterocycles. The van der Waals surface area contributed by atoms with Gasteiger partial charge < -0.3 is 10.3 Å². The number of rotatable bonds is 3. The van der Waals surface area contributed by atoms with Crippen LogP contribution in [-0.4, -0.2) is 10.9 Å². The van der Waals surface area contributed by atoms with Crippen molar-refractivity contribution in [2.75, 3.05) is 0 Å². The van der Waals surface area contributed by atoms with E-state index >= 15 is 0 Å². The Labute approximate surface area is 134 Å². The highest BCUT2D eigenvalue weighted by atomic mass is 19.4. The van der Waals surface area contributed by atoms with E-state index in [1.54, 1.807) is 19.9 Å². The van der Waals surface area contributed by atoms with Gasteiger partial charge >= 0.3 is 6.18 Å². The Hall–Kier alpha value is -2.64. The zero-order chi connectivity index (χ0) is 18.1. The number of benzene rings is 1. The van der Waals surface area contributed by atoms with Crippen LogP contribution in [0.15, 0.2) is 29.1 Å². The van der Waals surface area contributed by atoms with Crippen LogP contribution in [0.25, 0.3) is 0 Å². The number of aromatic amines is 1. The number of hydrogen-bond donors (Lipinski definition) is 2. The molecular weight excluding hydrogens is 328 g/mol. The summed E-state index contributed by atoms with van der Waals surface area (Å²) in [7, 11) is 0. The molecule has 0 aliphatic carbocycles. The number of aromatic nitrogens is 1. The summed E-state index contributed by atoms with van der Waals surface area (Å²) < 4.78 is 51.2. The Bertz CT molecular complexity index is 841. The first-order valence-corrected chi connectivity index (χ1v) is 6.94. The fourth-order valence-electron chi connectivity index (χ4n) is 2.26. The van der Waals surface area contributed by atoms with Gasteiger partial charge in [0.15, 0.2) is 0 Å². The van der Waals surface area contributed by atoms with Gasteiger partial charge in [0, 0.05) is 23.4 Å². The summed E-state index contributed by atoms with van der Waals surface area (Å²) >= 11 is 0. The molecule has 1 aromatic carbocycles. The predicted octanol–water partition coefficient (Wildman–Crippen LogP) is 3.08. The highest BCUT2D eigenvalue weighted by Gasteiger charge is 2.34. The summed E-state index contributed by atoms with van der Waals surface area (Å²) in [6.07, 6.45) is -4.90. The number of alkyl halides is 3. The van der Waals surface area contributed by atoms with E-state index in [9.17, 15) is 27.2 Å². The molecule has 0 spiro atoms. The highest BCUT2D eigenvalue weighted by Crippen LogP contribution is 2.31. The normalized spacial score (nSPS) is 11.4. The minimum atomic E-state index is -4.90. The van der Waals surface area contributed by atoms with Crippen LogP contribution in [0.3, 0.4) is 0 Å². The first-order chi connectivity index (χ1) is 11.1. The number of carbonyl (C=O) groups excluding carboxylic acids is 1. The maximum atomic E-state index is 13.2. The molecule has 0 fully saturated rings. The van der Waals surface area contributed by atoms with Crippen molar-refractivity contribution in [3.8, 4) is 0 Å². The molecule has 0 saturated carbocycles. The Morgan fingerprint density at radius 1 is 1.21 bits per heavy atom. The van der Waals surface area contributed by atoms with E-state index < -0.39 is 23.5 Å². The molecule has 2 aromatic rings. The molecule has 4 nitrogen and oxygen atoms in total. The number of amides is 1. The van der Waals surface area contributed by atoms with Crippen molar-refractivity contribution in [2.45, 2.75) is 26.6 Å². The van der Waals surface area contributed by atoms with E-state index in [0.717, 1.165) is 6.07 Å². The maximum Gasteiger partial charge on any atom is 0.419 e. The molecule has 0 bridgehead atoms. The zero-order valence-corrected chi connectivity index (χ0v) is 12.8. The fraction of sp³-hybridized carbons (Fsp3) is 0.250. The molecule has 0 aliphatic rings. The molecule has 2 N–H and O–H groups in total. The lowest BCUT2D eigenvalue weighted by molar-refractivity contribution is -0.140. The second kappa shape index (κ2) is 6.46. The summed E-state index contributed by atoms with van der Waals surface area (Å²) in [5.41, 5.74) is -0.646. The molecule has 2 rings (SSSR count). The minimum absolute atomic E-state index is 0.154. The van der Waals surface area contributed by atoms with Crippen LogP contribution >= 0.6 is 0 Å². The van der Waals surface area contributed by atoms with E-state index in [4.69, 9.17) is 0 Å². The fourth-order valence-corrected chi connectivity index (χ4v) is 2.26. The Morgan fingerprint density at radius 3 is 2.46 bits per heavy atom. The molecule has 0 unspecified atom stereocenters. The lowest BCUT2D eigenvalue weighted by Gasteiger charge is -2.11.